The first kappa shape index (κ1) is 6.65. The van der Waals surface area contributed by atoms with Crippen molar-refractivity contribution in [3.8, 4) is 0 Å². The van der Waals surface area contributed by atoms with Gasteiger partial charge in [-0.3, -0.25) is 0 Å². The summed E-state index contributed by atoms with van der Waals surface area (Å²) >= 11 is 0.795. The molecule has 9 heavy (non-hydrogen) atoms. The van der Waals surface area contributed by atoms with Crippen molar-refractivity contribution in [2.24, 2.45) is 0 Å². The van der Waals surface area contributed by atoms with Crippen LogP contribution in [0.3, 0.4) is 0 Å². The largest absolute Gasteiger partial charge is 0.325 e. The van der Waals surface area contributed by atoms with E-state index in [2.05, 4.69) is 0 Å². The van der Waals surface area contributed by atoms with Gasteiger partial charge in [0, 0.05) is 16.9 Å². The van der Waals surface area contributed by atoms with Crippen molar-refractivity contribution < 1.29 is 4.55 Å². The lowest BCUT2D eigenvalue weighted by Crippen LogP contribution is -1.74. The highest BCUT2D eigenvalue weighted by atomic mass is 32.2. The van der Waals surface area contributed by atoms with Gasteiger partial charge in [0.05, 0.1) is 0 Å². The van der Waals surface area contributed by atoms with Crippen LogP contribution >= 0.6 is 12.0 Å². The van der Waals surface area contributed by atoms with E-state index in [1.165, 1.54) is 0 Å². The summed E-state index contributed by atoms with van der Waals surface area (Å²) in [5, 5.41) is 0. The van der Waals surface area contributed by atoms with E-state index in [0.29, 0.717) is 0 Å². The fourth-order valence-corrected chi connectivity index (χ4v) is 1.01. The Morgan fingerprint density at radius 3 is 2.44 bits per heavy atom. The smallest absolute Gasteiger partial charge is 0.0380 e. The highest BCUT2D eigenvalue weighted by molar-refractivity contribution is 7.93. The number of rotatable bonds is 1. The Balaban J connectivity index is 3.01. The second kappa shape index (κ2) is 2.90. The van der Waals surface area contributed by atoms with Gasteiger partial charge >= 0.3 is 0 Å². The molecule has 0 amide bonds. The minimum absolute atomic E-state index is 0.795. The van der Waals surface area contributed by atoms with Gasteiger partial charge in [-0.05, 0) is 18.6 Å². The molecule has 0 fully saturated rings. The summed E-state index contributed by atoms with van der Waals surface area (Å²) in [5.74, 6) is 0. The van der Waals surface area contributed by atoms with Gasteiger partial charge in [0.25, 0.3) is 0 Å². The van der Waals surface area contributed by atoms with E-state index in [0.717, 1.165) is 22.5 Å². The minimum Gasteiger partial charge on any atom is -0.325 e. The number of hydrogen-bond acceptors (Lipinski definition) is 2. The lowest BCUT2D eigenvalue weighted by Gasteiger charge is -1.96. The molecule has 0 saturated heterocycles. The van der Waals surface area contributed by atoms with Crippen LogP contribution in [-0.4, -0.2) is 4.55 Å². The Morgan fingerprint density at radius 1 is 1.33 bits per heavy atom. The summed E-state index contributed by atoms with van der Waals surface area (Å²) in [6, 6.07) is 7.72. The molecule has 0 aliphatic carbocycles. The number of hydrogen-bond donors (Lipinski definition) is 1. The molecule has 0 spiro atoms. The zero-order chi connectivity index (χ0) is 6.69. The van der Waals surface area contributed by atoms with Crippen LogP contribution in [0.4, 0.5) is 0 Å². The van der Waals surface area contributed by atoms with E-state index in [4.69, 9.17) is 4.55 Å². The molecule has 1 rings (SSSR count). The molecule has 0 aromatic heterocycles. The molecule has 0 heterocycles. The maximum absolute atomic E-state index is 8.64. The van der Waals surface area contributed by atoms with Gasteiger partial charge in [-0.25, -0.2) is 0 Å². The van der Waals surface area contributed by atoms with Crippen molar-refractivity contribution in [3.05, 3.63) is 29.8 Å². The average molecular weight is 140 g/mol. The van der Waals surface area contributed by atoms with Crippen molar-refractivity contribution in [1.82, 2.24) is 0 Å². The highest BCUT2D eigenvalue weighted by Gasteiger charge is 1.92. The van der Waals surface area contributed by atoms with Crippen molar-refractivity contribution in [3.63, 3.8) is 0 Å². The molecule has 0 atom stereocenters. The van der Waals surface area contributed by atoms with Crippen LogP contribution in [0.15, 0.2) is 29.2 Å². The molecular weight excluding hydrogens is 132 g/mol. The molecule has 0 unspecified atom stereocenters. The third kappa shape index (κ3) is 1.47. The fraction of sp³-hybridized carbons (Fsp3) is 0.143. The number of aryl methyl sites for hydroxylation is 1. The Kier molecular flexibility index (Phi) is 2.14. The molecule has 1 nitrogen and oxygen atoms in total. The lowest BCUT2D eigenvalue weighted by atomic mass is 10.2. The molecule has 0 aliphatic heterocycles. The summed E-state index contributed by atoms with van der Waals surface area (Å²) in [5.41, 5.74) is 1.12. The van der Waals surface area contributed by atoms with Crippen molar-refractivity contribution in [1.29, 1.82) is 0 Å². The molecule has 2 heteroatoms. The van der Waals surface area contributed by atoms with E-state index in [9.17, 15) is 0 Å². The fourth-order valence-electron chi connectivity index (χ4n) is 0.659. The monoisotopic (exact) mass is 140 g/mol. The Morgan fingerprint density at radius 2 is 2.00 bits per heavy atom. The molecule has 0 aliphatic rings. The lowest BCUT2D eigenvalue weighted by molar-refractivity contribution is 0.663. The summed E-state index contributed by atoms with van der Waals surface area (Å²) in [6.07, 6.45) is 0. The third-order valence-electron chi connectivity index (χ3n) is 1.19. The molecule has 1 N–H and O–H groups in total. The van der Waals surface area contributed by atoms with Crippen LogP contribution in [0.1, 0.15) is 5.56 Å². The highest BCUT2D eigenvalue weighted by Crippen LogP contribution is 2.17. The molecule has 1 aromatic carbocycles. The predicted octanol–water partition coefficient (Wildman–Crippen LogP) is 2.56. The predicted molar refractivity (Wildman–Crippen MR) is 39.7 cm³/mol. The van der Waals surface area contributed by atoms with E-state index >= 15 is 0 Å². The van der Waals surface area contributed by atoms with Crippen LogP contribution in [-0.2, 0) is 0 Å². The standard InChI is InChI=1S/C7H8OS/c1-6-4-2-3-5-7(6)9-8/h2-5,8H,1H3. The van der Waals surface area contributed by atoms with Crippen molar-refractivity contribution in [2.75, 3.05) is 0 Å². The first-order chi connectivity index (χ1) is 4.34. The molecule has 0 saturated carbocycles. The average Bonchev–Trinajstić information content (AvgIpc) is 1.89. The quantitative estimate of drug-likeness (QED) is 0.605. The number of benzene rings is 1. The summed E-state index contributed by atoms with van der Waals surface area (Å²) in [4.78, 5) is 0.928. The molecule has 48 valence electrons. The van der Waals surface area contributed by atoms with Crippen molar-refractivity contribution in [2.45, 2.75) is 11.8 Å². The molecule has 0 bridgehead atoms. The zero-order valence-electron chi connectivity index (χ0n) is 5.16. The van der Waals surface area contributed by atoms with Crippen LogP contribution in [0.5, 0.6) is 0 Å². The minimum atomic E-state index is 0.795. The second-order valence-corrected chi connectivity index (χ2v) is 2.48. The van der Waals surface area contributed by atoms with E-state index in [1.54, 1.807) is 0 Å². The zero-order valence-corrected chi connectivity index (χ0v) is 5.98. The summed E-state index contributed by atoms with van der Waals surface area (Å²) in [7, 11) is 0. The maximum Gasteiger partial charge on any atom is 0.0380 e. The van der Waals surface area contributed by atoms with Gasteiger partial charge in [0.1, 0.15) is 0 Å². The topological polar surface area (TPSA) is 20.2 Å². The Hall–Kier alpha value is -0.470. The summed E-state index contributed by atoms with van der Waals surface area (Å²) < 4.78 is 8.64. The maximum atomic E-state index is 8.64. The normalized spacial score (nSPS) is 9.56. The SMILES string of the molecule is Cc1ccccc1SO. The van der Waals surface area contributed by atoms with Gasteiger partial charge < -0.3 is 4.55 Å². The second-order valence-electron chi connectivity index (χ2n) is 1.86. The first-order valence-corrected chi connectivity index (χ1v) is 3.49. The van der Waals surface area contributed by atoms with E-state index in [1.807, 2.05) is 31.2 Å². The van der Waals surface area contributed by atoms with Crippen LogP contribution < -0.4 is 0 Å². The van der Waals surface area contributed by atoms with Crippen LogP contribution in [0, 0.1) is 6.92 Å². The Bertz CT molecular complexity index is 198. The Labute approximate surface area is 58.9 Å². The van der Waals surface area contributed by atoms with E-state index < -0.39 is 0 Å². The first-order valence-electron chi connectivity index (χ1n) is 2.71. The van der Waals surface area contributed by atoms with Gasteiger partial charge in [0.2, 0.25) is 0 Å². The molecule has 1 aromatic rings. The molecule has 0 radical (unpaired) electrons. The van der Waals surface area contributed by atoms with Gasteiger partial charge in [-0.1, -0.05) is 18.2 Å². The van der Waals surface area contributed by atoms with Gasteiger partial charge in [-0.15, -0.1) is 0 Å². The van der Waals surface area contributed by atoms with Crippen molar-refractivity contribution >= 4 is 12.0 Å². The molecular formula is C7H8OS. The van der Waals surface area contributed by atoms with Crippen LogP contribution in [0.2, 0.25) is 0 Å². The third-order valence-corrected chi connectivity index (χ3v) is 1.85. The van der Waals surface area contributed by atoms with Gasteiger partial charge in [-0.2, -0.15) is 0 Å². The summed E-state index contributed by atoms with van der Waals surface area (Å²) in [6.45, 7) is 1.97. The van der Waals surface area contributed by atoms with Crippen LogP contribution in [0.25, 0.3) is 0 Å². The van der Waals surface area contributed by atoms with Gasteiger partial charge in [0.15, 0.2) is 0 Å². The van der Waals surface area contributed by atoms with E-state index in [-0.39, 0.29) is 0 Å².